The quantitative estimate of drug-likeness (QED) is 0.265. The van der Waals surface area contributed by atoms with Gasteiger partial charge in [0.15, 0.2) is 0 Å². The molecule has 0 rings (SSSR count). The Hall–Kier alpha value is 0.820. The molecule has 0 saturated carbocycles. The molecule has 0 aliphatic heterocycles. The van der Waals surface area contributed by atoms with Crippen LogP contribution in [-0.4, -0.2) is 11.2 Å². The zero-order chi connectivity index (χ0) is 15.8. The Bertz CT molecular complexity index is 237. The van der Waals surface area contributed by atoms with E-state index in [1.165, 1.54) is 77.0 Å². The van der Waals surface area contributed by atoms with Crippen molar-refractivity contribution in [3.05, 3.63) is 0 Å². The summed E-state index contributed by atoms with van der Waals surface area (Å²) in [6, 6.07) is 0. The van der Waals surface area contributed by atoms with Gasteiger partial charge in [0.25, 0.3) is 0 Å². The van der Waals surface area contributed by atoms with Crippen molar-refractivity contribution in [3.63, 3.8) is 0 Å². The van der Waals surface area contributed by atoms with Gasteiger partial charge in [-0.15, -0.1) is 0 Å². The van der Waals surface area contributed by atoms with Gasteiger partial charge in [0.2, 0.25) is 0 Å². The van der Waals surface area contributed by atoms with Crippen molar-refractivity contribution < 1.29 is 39.5 Å². The first-order valence-electron chi connectivity index (χ1n) is 9.07. The van der Waals surface area contributed by atoms with Crippen LogP contribution in [0, 0.1) is 0 Å². The molecule has 0 aromatic carbocycles. The number of carbonyl (C=O) groups excluding carboxylic acids is 1. The van der Waals surface area contributed by atoms with Gasteiger partial charge in [-0.3, -0.25) is 0 Å². The predicted molar refractivity (Wildman–Crippen MR) is 92.7 cm³/mol. The summed E-state index contributed by atoms with van der Waals surface area (Å²) >= 11 is 3.98. The standard InChI is InChI=1S/C18H36O2S.Na/c1-2-3-4-5-6-7-8-9-10-11-12-13-14-15-16-17(21)18(19)20;/h17,21H,2-16H2,1H3,(H,19,20);/q;+1/p-1. The molecule has 4 heteroatoms. The van der Waals surface area contributed by atoms with Crippen LogP contribution in [0.1, 0.15) is 103 Å². The minimum Gasteiger partial charge on any atom is -0.549 e. The Kier molecular flexibility index (Phi) is 22.6. The van der Waals surface area contributed by atoms with E-state index in [0.717, 1.165) is 12.8 Å². The number of hydrogen-bond donors (Lipinski definition) is 1. The van der Waals surface area contributed by atoms with Crippen LogP contribution in [0.3, 0.4) is 0 Å². The summed E-state index contributed by atoms with van der Waals surface area (Å²) < 4.78 is 0. The summed E-state index contributed by atoms with van der Waals surface area (Å²) in [5.41, 5.74) is 0. The van der Waals surface area contributed by atoms with E-state index in [2.05, 4.69) is 19.6 Å². The third-order valence-electron chi connectivity index (χ3n) is 4.10. The maximum atomic E-state index is 10.5. The fraction of sp³-hybridized carbons (Fsp3) is 0.944. The molecule has 2 nitrogen and oxygen atoms in total. The molecule has 1 unspecified atom stereocenters. The first kappa shape index (κ1) is 25.1. The van der Waals surface area contributed by atoms with Crippen LogP contribution in [0.4, 0.5) is 0 Å². The predicted octanol–water partition coefficient (Wildman–Crippen LogP) is 1.91. The molecule has 0 aliphatic rings. The molecule has 126 valence electrons. The number of carboxylic acid groups (broad SMARTS) is 1. The number of rotatable bonds is 16. The third kappa shape index (κ3) is 18.9. The Morgan fingerprint density at radius 1 is 0.773 bits per heavy atom. The molecule has 0 N–H and O–H groups in total. The zero-order valence-corrected chi connectivity index (χ0v) is 17.8. The fourth-order valence-electron chi connectivity index (χ4n) is 2.65. The van der Waals surface area contributed by atoms with Gasteiger partial charge in [-0.1, -0.05) is 96.8 Å². The molecule has 0 heterocycles. The summed E-state index contributed by atoms with van der Waals surface area (Å²) in [4.78, 5) is 10.5. The van der Waals surface area contributed by atoms with Gasteiger partial charge in [0.1, 0.15) is 0 Å². The molecule has 0 amide bonds. The number of hydrogen-bond acceptors (Lipinski definition) is 3. The van der Waals surface area contributed by atoms with Crippen molar-refractivity contribution >= 4 is 18.6 Å². The van der Waals surface area contributed by atoms with E-state index in [1.54, 1.807) is 0 Å². The third-order valence-corrected chi connectivity index (χ3v) is 4.57. The van der Waals surface area contributed by atoms with Crippen LogP contribution in [-0.2, 0) is 4.79 Å². The van der Waals surface area contributed by atoms with Crippen LogP contribution in [0.5, 0.6) is 0 Å². The smallest absolute Gasteiger partial charge is 0.549 e. The topological polar surface area (TPSA) is 40.1 Å². The minimum atomic E-state index is -1.03. The van der Waals surface area contributed by atoms with Gasteiger partial charge in [-0.25, -0.2) is 0 Å². The fourth-order valence-corrected chi connectivity index (χ4v) is 2.83. The van der Waals surface area contributed by atoms with Gasteiger partial charge in [0, 0.05) is 5.25 Å². The molecule has 0 aromatic rings. The monoisotopic (exact) mass is 338 g/mol. The molecular weight excluding hydrogens is 303 g/mol. The van der Waals surface area contributed by atoms with Crippen molar-refractivity contribution in [1.82, 2.24) is 0 Å². The summed E-state index contributed by atoms with van der Waals surface area (Å²) in [5.74, 6) is -1.03. The summed E-state index contributed by atoms with van der Waals surface area (Å²) in [6.07, 6.45) is 19.1. The zero-order valence-electron chi connectivity index (χ0n) is 14.9. The van der Waals surface area contributed by atoms with Crippen LogP contribution >= 0.6 is 12.6 Å². The molecule has 0 aromatic heterocycles. The van der Waals surface area contributed by atoms with Crippen LogP contribution in [0.15, 0.2) is 0 Å². The molecule has 22 heavy (non-hydrogen) atoms. The first-order chi connectivity index (χ1) is 10.2. The first-order valence-corrected chi connectivity index (χ1v) is 9.59. The summed E-state index contributed by atoms with van der Waals surface area (Å²) in [5, 5.41) is 9.90. The van der Waals surface area contributed by atoms with Gasteiger partial charge in [-0.2, -0.15) is 12.6 Å². The summed E-state index contributed by atoms with van der Waals surface area (Å²) in [7, 11) is 0. The SMILES string of the molecule is CCCCCCCCCCCCCCCCC(S)C(=O)[O-].[Na+]. The Labute approximate surface area is 165 Å². The Morgan fingerprint density at radius 2 is 1.09 bits per heavy atom. The van der Waals surface area contributed by atoms with Gasteiger partial charge in [0.05, 0.1) is 5.97 Å². The number of carboxylic acids is 1. The minimum absolute atomic E-state index is 0. The average molecular weight is 339 g/mol. The van der Waals surface area contributed by atoms with Crippen LogP contribution in [0.25, 0.3) is 0 Å². The normalized spacial score (nSPS) is 11.9. The molecule has 0 bridgehead atoms. The number of carbonyl (C=O) groups is 1. The molecule has 1 atom stereocenters. The van der Waals surface area contributed by atoms with E-state index in [1.807, 2.05) is 0 Å². The van der Waals surface area contributed by atoms with Crippen molar-refractivity contribution in [1.29, 1.82) is 0 Å². The second-order valence-electron chi connectivity index (χ2n) is 6.22. The van der Waals surface area contributed by atoms with Crippen molar-refractivity contribution in [3.8, 4) is 0 Å². The van der Waals surface area contributed by atoms with E-state index < -0.39 is 11.2 Å². The van der Waals surface area contributed by atoms with Crippen LogP contribution in [0.2, 0.25) is 0 Å². The number of thiol groups is 1. The molecule has 0 saturated heterocycles. The van der Waals surface area contributed by atoms with Crippen molar-refractivity contribution in [2.75, 3.05) is 0 Å². The van der Waals surface area contributed by atoms with Gasteiger partial charge >= 0.3 is 29.6 Å². The summed E-state index contributed by atoms with van der Waals surface area (Å²) in [6.45, 7) is 2.26. The van der Waals surface area contributed by atoms with Gasteiger partial charge < -0.3 is 9.90 Å². The Morgan fingerprint density at radius 3 is 1.41 bits per heavy atom. The van der Waals surface area contributed by atoms with Crippen LogP contribution < -0.4 is 34.7 Å². The number of aliphatic carboxylic acids is 1. The molecule has 0 fully saturated rings. The number of unbranched alkanes of at least 4 members (excludes halogenated alkanes) is 13. The van der Waals surface area contributed by atoms with E-state index in [-0.39, 0.29) is 29.6 Å². The van der Waals surface area contributed by atoms with Crippen molar-refractivity contribution in [2.45, 2.75) is 108 Å². The second kappa shape index (κ2) is 19.9. The van der Waals surface area contributed by atoms with Crippen molar-refractivity contribution in [2.24, 2.45) is 0 Å². The largest absolute Gasteiger partial charge is 1.00 e. The second-order valence-corrected chi connectivity index (χ2v) is 6.84. The molecular formula is C18H35NaO2S. The molecule has 0 radical (unpaired) electrons. The van der Waals surface area contributed by atoms with E-state index >= 15 is 0 Å². The molecule has 0 aliphatic carbocycles. The van der Waals surface area contributed by atoms with E-state index in [4.69, 9.17) is 0 Å². The molecule has 0 spiro atoms. The average Bonchev–Trinajstić information content (AvgIpc) is 2.47. The van der Waals surface area contributed by atoms with Gasteiger partial charge in [-0.05, 0) is 6.42 Å². The van der Waals surface area contributed by atoms with E-state index in [0.29, 0.717) is 6.42 Å². The maximum Gasteiger partial charge on any atom is 1.00 e. The Balaban J connectivity index is 0. The maximum absolute atomic E-state index is 10.5. The van der Waals surface area contributed by atoms with E-state index in [9.17, 15) is 9.90 Å².